The summed E-state index contributed by atoms with van der Waals surface area (Å²) in [6.07, 6.45) is -0.153. The molecule has 0 aliphatic rings. The fourth-order valence-electron chi connectivity index (χ4n) is 0.427. The molecule has 66 valence electrons. The number of carbonyl (C=O) groups is 2. The standard InChI is InChI=1S/C6H11NO3.ClH/c1-5(8)4-6(9)10-3-2-7;/h2-4,7H2,1H3;1H. The lowest BCUT2D eigenvalue weighted by molar-refractivity contribution is -0.145. The minimum atomic E-state index is -0.502. The molecule has 0 aliphatic carbocycles. The first-order valence-corrected chi connectivity index (χ1v) is 3.02. The maximum Gasteiger partial charge on any atom is 0.313 e. The van der Waals surface area contributed by atoms with E-state index >= 15 is 0 Å². The molecule has 0 aromatic rings. The predicted octanol–water partition coefficient (Wildman–Crippen LogP) is -0.111. The highest BCUT2D eigenvalue weighted by Gasteiger charge is 2.04. The molecule has 0 fully saturated rings. The van der Waals surface area contributed by atoms with Gasteiger partial charge in [-0.25, -0.2) is 0 Å². The number of Topliss-reactive ketones (excluding diaryl/α,β-unsaturated/α-hetero) is 1. The van der Waals surface area contributed by atoms with E-state index in [2.05, 4.69) is 4.74 Å². The molecule has 0 aromatic heterocycles. The Hall–Kier alpha value is -0.610. The Kier molecular flexibility index (Phi) is 8.87. The fraction of sp³-hybridized carbons (Fsp3) is 0.667. The van der Waals surface area contributed by atoms with Crippen molar-refractivity contribution in [2.45, 2.75) is 13.3 Å². The lowest BCUT2D eigenvalue weighted by atomic mass is 10.3. The topological polar surface area (TPSA) is 69.4 Å². The van der Waals surface area contributed by atoms with Crippen LogP contribution in [0.5, 0.6) is 0 Å². The molecule has 0 atom stereocenters. The first-order valence-electron chi connectivity index (χ1n) is 3.02. The molecule has 0 radical (unpaired) electrons. The highest BCUT2D eigenvalue weighted by molar-refractivity contribution is 5.94. The van der Waals surface area contributed by atoms with Crippen LogP contribution in [-0.4, -0.2) is 24.9 Å². The number of hydrogen-bond donors (Lipinski definition) is 1. The van der Waals surface area contributed by atoms with Crippen molar-refractivity contribution in [3.63, 3.8) is 0 Å². The largest absolute Gasteiger partial charge is 0.464 e. The maximum absolute atomic E-state index is 10.5. The molecular weight excluding hydrogens is 170 g/mol. The smallest absolute Gasteiger partial charge is 0.313 e. The zero-order valence-electron chi connectivity index (χ0n) is 6.33. The summed E-state index contributed by atoms with van der Waals surface area (Å²) in [5, 5.41) is 0. The highest BCUT2D eigenvalue weighted by Crippen LogP contribution is 1.86. The van der Waals surface area contributed by atoms with E-state index in [0.29, 0.717) is 6.54 Å². The van der Waals surface area contributed by atoms with Crippen LogP contribution in [-0.2, 0) is 14.3 Å². The first kappa shape index (κ1) is 13.0. The third kappa shape index (κ3) is 9.39. The summed E-state index contributed by atoms with van der Waals surface area (Å²) >= 11 is 0. The molecule has 0 unspecified atom stereocenters. The van der Waals surface area contributed by atoms with Crippen molar-refractivity contribution < 1.29 is 14.3 Å². The summed E-state index contributed by atoms with van der Waals surface area (Å²) < 4.78 is 4.52. The molecule has 0 saturated carbocycles. The SMILES string of the molecule is CC(=O)CC(=O)OCCN.Cl. The number of ether oxygens (including phenoxy) is 1. The third-order valence-corrected chi connectivity index (χ3v) is 0.774. The van der Waals surface area contributed by atoms with E-state index in [1.54, 1.807) is 0 Å². The van der Waals surface area contributed by atoms with Crippen molar-refractivity contribution in [3.05, 3.63) is 0 Å². The van der Waals surface area contributed by atoms with Crippen LogP contribution in [0.25, 0.3) is 0 Å². The van der Waals surface area contributed by atoms with Crippen LogP contribution in [0.2, 0.25) is 0 Å². The monoisotopic (exact) mass is 181 g/mol. The number of ketones is 1. The minimum Gasteiger partial charge on any atom is -0.464 e. The lowest BCUT2D eigenvalue weighted by Gasteiger charge is -1.98. The average Bonchev–Trinajstić information content (AvgIpc) is 1.82. The number of rotatable bonds is 4. The average molecular weight is 182 g/mol. The van der Waals surface area contributed by atoms with Gasteiger partial charge in [0, 0.05) is 6.54 Å². The van der Waals surface area contributed by atoms with Gasteiger partial charge in [0.25, 0.3) is 0 Å². The zero-order chi connectivity index (χ0) is 7.98. The fourth-order valence-corrected chi connectivity index (χ4v) is 0.427. The number of carbonyl (C=O) groups excluding carboxylic acids is 2. The van der Waals surface area contributed by atoms with Crippen LogP contribution >= 0.6 is 12.4 Å². The lowest BCUT2D eigenvalue weighted by Crippen LogP contribution is -2.15. The molecule has 4 nitrogen and oxygen atoms in total. The van der Waals surface area contributed by atoms with Crippen molar-refractivity contribution in [1.29, 1.82) is 0 Å². The number of hydrogen-bond acceptors (Lipinski definition) is 4. The van der Waals surface area contributed by atoms with Crippen molar-refractivity contribution >= 4 is 24.2 Å². The van der Waals surface area contributed by atoms with Crippen molar-refractivity contribution in [2.75, 3.05) is 13.2 Å². The zero-order valence-corrected chi connectivity index (χ0v) is 7.15. The summed E-state index contributed by atoms with van der Waals surface area (Å²) in [5.74, 6) is -0.694. The molecule has 11 heavy (non-hydrogen) atoms. The van der Waals surface area contributed by atoms with Gasteiger partial charge in [0.05, 0.1) is 0 Å². The van der Waals surface area contributed by atoms with Gasteiger partial charge in [-0.3, -0.25) is 9.59 Å². The van der Waals surface area contributed by atoms with E-state index in [0.717, 1.165) is 0 Å². The van der Waals surface area contributed by atoms with Crippen molar-refractivity contribution in [1.82, 2.24) is 0 Å². The minimum absolute atomic E-state index is 0. The Morgan fingerprint density at radius 2 is 2.00 bits per heavy atom. The third-order valence-electron chi connectivity index (χ3n) is 0.774. The van der Waals surface area contributed by atoms with Gasteiger partial charge < -0.3 is 10.5 Å². The normalized spacial score (nSPS) is 8.18. The number of esters is 1. The Bertz CT molecular complexity index is 138. The van der Waals surface area contributed by atoms with E-state index in [1.165, 1.54) is 6.92 Å². The van der Waals surface area contributed by atoms with Gasteiger partial charge in [-0.1, -0.05) is 0 Å². The van der Waals surface area contributed by atoms with Crippen molar-refractivity contribution in [3.8, 4) is 0 Å². The van der Waals surface area contributed by atoms with Crippen LogP contribution in [0.1, 0.15) is 13.3 Å². The molecule has 0 aromatic carbocycles. The molecule has 0 saturated heterocycles. The van der Waals surface area contributed by atoms with Crippen LogP contribution in [0.4, 0.5) is 0 Å². The summed E-state index contributed by atoms with van der Waals surface area (Å²) in [4.78, 5) is 20.8. The second kappa shape index (κ2) is 7.50. The number of nitrogens with two attached hydrogens (primary N) is 1. The van der Waals surface area contributed by atoms with Crippen LogP contribution in [0, 0.1) is 0 Å². The molecule has 0 bridgehead atoms. The van der Waals surface area contributed by atoms with E-state index < -0.39 is 5.97 Å². The van der Waals surface area contributed by atoms with E-state index in [1.807, 2.05) is 0 Å². The summed E-state index contributed by atoms with van der Waals surface area (Å²) in [6.45, 7) is 1.82. The second-order valence-corrected chi connectivity index (χ2v) is 1.89. The second-order valence-electron chi connectivity index (χ2n) is 1.89. The molecule has 0 aliphatic heterocycles. The molecule has 0 amide bonds. The Morgan fingerprint density at radius 1 is 1.45 bits per heavy atom. The van der Waals surface area contributed by atoms with E-state index in [9.17, 15) is 9.59 Å². The summed E-state index contributed by atoms with van der Waals surface area (Å²) in [6, 6.07) is 0. The quantitative estimate of drug-likeness (QED) is 0.485. The molecule has 0 heterocycles. The molecule has 0 rings (SSSR count). The molecule has 5 heteroatoms. The Balaban J connectivity index is 0. The first-order chi connectivity index (χ1) is 4.66. The van der Waals surface area contributed by atoms with Gasteiger partial charge >= 0.3 is 5.97 Å². The van der Waals surface area contributed by atoms with Gasteiger partial charge in [-0.05, 0) is 6.92 Å². The Morgan fingerprint density at radius 3 is 2.36 bits per heavy atom. The Labute approximate surface area is 71.5 Å². The van der Waals surface area contributed by atoms with E-state index in [-0.39, 0.29) is 31.2 Å². The predicted molar refractivity (Wildman–Crippen MR) is 42.6 cm³/mol. The van der Waals surface area contributed by atoms with E-state index in [4.69, 9.17) is 5.73 Å². The van der Waals surface area contributed by atoms with Crippen LogP contribution < -0.4 is 5.73 Å². The van der Waals surface area contributed by atoms with Crippen molar-refractivity contribution in [2.24, 2.45) is 5.73 Å². The van der Waals surface area contributed by atoms with Gasteiger partial charge in [0.15, 0.2) is 0 Å². The van der Waals surface area contributed by atoms with Crippen LogP contribution in [0.15, 0.2) is 0 Å². The van der Waals surface area contributed by atoms with Gasteiger partial charge in [0.2, 0.25) is 0 Å². The van der Waals surface area contributed by atoms with Crippen LogP contribution in [0.3, 0.4) is 0 Å². The van der Waals surface area contributed by atoms with Gasteiger partial charge in [0.1, 0.15) is 18.8 Å². The summed E-state index contributed by atoms with van der Waals surface area (Å²) in [5.41, 5.74) is 5.05. The highest BCUT2D eigenvalue weighted by atomic mass is 35.5. The molecular formula is C6H12ClNO3. The number of halogens is 1. The summed E-state index contributed by atoms with van der Waals surface area (Å²) in [7, 11) is 0. The van der Waals surface area contributed by atoms with Gasteiger partial charge in [-0.15, -0.1) is 12.4 Å². The molecule has 0 spiro atoms. The maximum atomic E-state index is 10.5. The van der Waals surface area contributed by atoms with Gasteiger partial charge in [-0.2, -0.15) is 0 Å². The molecule has 2 N–H and O–H groups in total.